The van der Waals surface area contributed by atoms with Crippen LogP contribution in [0.3, 0.4) is 0 Å². The van der Waals surface area contributed by atoms with Gasteiger partial charge in [0.1, 0.15) is 11.9 Å². The van der Waals surface area contributed by atoms with Crippen LogP contribution in [0.15, 0.2) is 36.8 Å². The van der Waals surface area contributed by atoms with E-state index in [-0.39, 0.29) is 12.0 Å². The third-order valence-electron chi connectivity index (χ3n) is 3.52. The van der Waals surface area contributed by atoms with Crippen molar-refractivity contribution < 1.29 is 9.53 Å². The van der Waals surface area contributed by atoms with E-state index in [0.29, 0.717) is 13.0 Å². The van der Waals surface area contributed by atoms with Crippen molar-refractivity contribution in [3.05, 3.63) is 42.4 Å². The number of amides is 1. The molecule has 0 bridgehead atoms. The van der Waals surface area contributed by atoms with Crippen molar-refractivity contribution in [2.45, 2.75) is 25.9 Å². The van der Waals surface area contributed by atoms with Crippen LogP contribution in [0.2, 0.25) is 0 Å². The summed E-state index contributed by atoms with van der Waals surface area (Å²) in [6.45, 7) is 2.37. The van der Waals surface area contributed by atoms with Crippen LogP contribution >= 0.6 is 0 Å². The fraction of sp³-hybridized carbons (Fsp3) is 0.312. The number of hydrogen-bond acceptors (Lipinski definition) is 4. The van der Waals surface area contributed by atoms with Crippen LogP contribution in [0, 0.1) is 0 Å². The lowest BCUT2D eigenvalue weighted by Crippen LogP contribution is -2.33. The lowest BCUT2D eigenvalue weighted by atomic mass is 10.0. The van der Waals surface area contributed by atoms with Gasteiger partial charge in [0, 0.05) is 30.8 Å². The number of rotatable bonds is 4. The molecule has 0 unspecified atom stereocenters. The lowest BCUT2D eigenvalue weighted by Gasteiger charge is -2.12. The van der Waals surface area contributed by atoms with Gasteiger partial charge in [-0.15, -0.1) is 0 Å². The zero-order valence-electron chi connectivity index (χ0n) is 11.9. The number of carbonyl (C=O) groups excluding carboxylic acids is 1. The maximum atomic E-state index is 11.3. The van der Waals surface area contributed by atoms with Gasteiger partial charge in [0.15, 0.2) is 0 Å². The van der Waals surface area contributed by atoms with E-state index in [0.717, 1.165) is 29.0 Å². The smallest absolute Gasteiger partial charge is 0.219 e. The molecule has 1 aliphatic rings. The summed E-state index contributed by atoms with van der Waals surface area (Å²) < 4.78 is 6.00. The number of aromatic nitrogens is 2. The SMILES string of the molecule is CCC(=O)NC[C@H]1Cc2cccc(-c3cnccn3)c2O1. The van der Waals surface area contributed by atoms with E-state index in [9.17, 15) is 4.79 Å². The highest BCUT2D eigenvalue weighted by atomic mass is 16.5. The Bertz CT molecular complexity index is 643. The van der Waals surface area contributed by atoms with Gasteiger partial charge in [0.05, 0.1) is 18.4 Å². The number of ether oxygens (including phenoxy) is 1. The van der Waals surface area contributed by atoms with Crippen molar-refractivity contribution in [2.75, 3.05) is 6.54 Å². The molecule has 1 aromatic carbocycles. The van der Waals surface area contributed by atoms with Gasteiger partial charge in [0.25, 0.3) is 0 Å². The fourth-order valence-corrected chi connectivity index (χ4v) is 2.44. The molecular formula is C16H17N3O2. The summed E-state index contributed by atoms with van der Waals surface area (Å²) in [5.74, 6) is 0.900. The van der Waals surface area contributed by atoms with Crippen LogP contribution < -0.4 is 10.1 Å². The second-order valence-electron chi connectivity index (χ2n) is 4.99. The summed E-state index contributed by atoms with van der Waals surface area (Å²) in [7, 11) is 0. The number of carbonyl (C=O) groups is 1. The van der Waals surface area contributed by atoms with E-state index >= 15 is 0 Å². The number of para-hydroxylation sites is 1. The van der Waals surface area contributed by atoms with Crippen LogP contribution in [-0.4, -0.2) is 28.5 Å². The summed E-state index contributed by atoms with van der Waals surface area (Å²) in [6.07, 6.45) is 6.32. The maximum absolute atomic E-state index is 11.3. The topological polar surface area (TPSA) is 64.1 Å². The number of nitrogens with zero attached hydrogens (tertiary/aromatic N) is 2. The number of benzene rings is 1. The second kappa shape index (κ2) is 5.91. The Morgan fingerprint density at radius 2 is 2.33 bits per heavy atom. The molecule has 0 saturated heterocycles. The Hall–Kier alpha value is -2.43. The molecule has 1 aliphatic heterocycles. The third-order valence-corrected chi connectivity index (χ3v) is 3.52. The highest BCUT2D eigenvalue weighted by molar-refractivity contribution is 5.75. The van der Waals surface area contributed by atoms with Crippen LogP contribution in [0.4, 0.5) is 0 Å². The Labute approximate surface area is 123 Å². The minimum absolute atomic E-state index is 0.0201. The van der Waals surface area contributed by atoms with Gasteiger partial charge >= 0.3 is 0 Å². The van der Waals surface area contributed by atoms with Gasteiger partial charge in [-0.25, -0.2) is 0 Å². The molecule has 1 amide bonds. The van der Waals surface area contributed by atoms with E-state index in [1.54, 1.807) is 18.6 Å². The Balaban J connectivity index is 1.79. The molecule has 2 aromatic rings. The zero-order chi connectivity index (χ0) is 14.7. The Kier molecular flexibility index (Phi) is 3.81. The molecule has 1 atom stereocenters. The van der Waals surface area contributed by atoms with Crippen LogP contribution in [-0.2, 0) is 11.2 Å². The third kappa shape index (κ3) is 2.86. The van der Waals surface area contributed by atoms with Gasteiger partial charge in [-0.05, 0) is 11.6 Å². The molecule has 5 nitrogen and oxygen atoms in total. The summed E-state index contributed by atoms with van der Waals surface area (Å²) in [5.41, 5.74) is 2.89. The largest absolute Gasteiger partial charge is 0.487 e. The molecule has 0 aliphatic carbocycles. The summed E-state index contributed by atoms with van der Waals surface area (Å²) >= 11 is 0. The molecule has 0 spiro atoms. The van der Waals surface area contributed by atoms with Crippen LogP contribution in [0.1, 0.15) is 18.9 Å². The molecular weight excluding hydrogens is 266 g/mol. The highest BCUT2D eigenvalue weighted by Gasteiger charge is 2.26. The van der Waals surface area contributed by atoms with E-state index in [1.807, 2.05) is 19.1 Å². The number of hydrogen-bond donors (Lipinski definition) is 1. The van der Waals surface area contributed by atoms with E-state index in [2.05, 4.69) is 21.4 Å². The van der Waals surface area contributed by atoms with Gasteiger partial charge in [-0.3, -0.25) is 14.8 Å². The van der Waals surface area contributed by atoms with Crippen molar-refractivity contribution in [2.24, 2.45) is 0 Å². The lowest BCUT2D eigenvalue weighted by molar-refractivity contribution is -0.121. The Morgan fingerprint density at radius 3 is 3.10 bits per heavy atom. The van der Waals surface area contributed by atoms with Gasteiger partial charge < -0.3 is 10.1 Å². The minimum atomic E-state index is -0.0201. The van der Waals surface area contributed by atoms with Crippen molar-refractivity contribution in [1.29, 1.82) is 0 Å². The van der Waals surface area contributed by atoms with Crippen molar-refractivity contribution in [1.82, 2.24) is 15.3 Å². The zero-order valence-corrected chi connectivity index (χ0v) is 11.9. The summed E-state index contributed by atoms with van der Waals surface area (Å²) in [6, 6.07) is 6.03. The quantitative estimate of drug-likeness (QED) is 0.931. The molecule has 21 heavy (non-hydrogen) atoms. The molecule has 1 N–H and O–H groups in total. The Morgan fingerprint density at radius 1 is 1.43 bits per heavy atom. The summed E-state index contributed by atoms with van der Waals surface area (Å²) in [4.78, 5) is 19.8. The van der Waals surface area contributed by atoms with Crippen LogP contribution in [0.25, 0.3) is 11.3 Å². The predicted molar refractivity (Wildman–Crippen MR) is 78.9 cm³/mol. The molecule has 5 heteroatoms. The highest BCUT2D eigenvalue weighted by Crippen LogP contribution is 2.37. The predicted octanol–water partition coefficient (Wildman–Crippen LogP) is 1.97. The van der Waals surface area contributed by atoms with Gasteiger partial charge in [0.2, 0.25) is 5.91 Å². The van der Waals surface area contributed by atoms with E-state index < -0.39 is 0 Å². The van der Waals surface area contributed by atoms with Gasteiger partial charge in [-0.1, -0.05) is 19.1 Å². The molecule has 2 heterocycles. The second-order valence-corrected chi connectivity index (χ2v) is 4.99. The van der Waals surface area contributed by atoms with Crippen molar-refractivity contribution >= 4 is 5.91 Å². The first-order chi connectivity index (χ1) is 10.3. The number of nitrogens with one attached hydrogen (secondary N) is 1. The van der Waals surface area contributed by atoms with Gasteiger partial charge in [-0.2, -0.15) is 0 Å². The fourth-order valence-electron chi connectivity index (χ4n) is 2.44. The monoisotopic (exact) mass is 283 g/mol. The van der Waals surface area contributed by atoms with Crippen molar-refractivity contribution in [3.8, 4) is 17.0 Å². The molecule has 3 rings (SSSR count). The van der Waals surface area contributed by atoms with Crippen LogP contribution in [0.5, 0.6) is 5.75 Å². The molecule has 0 saturated carbocycles. The number of fused-ring (bicyclic) bond motifs is 1. The minimum Gasteiger partial charge on any atom is -0.487 e. The maximum Gasteiger partial charge on any atom is 0.219 e. The average Bonchev–Trinajstić information content (AvgIpc) is 2.96. The normalized spacial score (nSPS) is 16.1. The molecule has 108 valence electrons. The first kappa shape index (κ1) is 13.5. The van der Waals surface area contributed by atoms with E-state index in [4.69, 9.17) is 4.74 Å². The van der Waals surface area contributed by atoms with Crippen molar-refractivity contribution in [3.63, 3.8) is 0 Å². The molecule has 1 aromatic heterocycles. The molecule has 0 fully saturated rings. The van der Waals surface area contributed by atoms with E-state index in [1.165, 1.54) is 0 Å². The first-order valence-electron chi connectivity index (χ1n) is 7.09. The average molecular weight is 283 g/mol. The first-order valence-corrected chi connectivity index (χ1v) is 7.09. The molecule has 0 radical (unpaired) electrons. The standard InChI is InChI=1S/C16H17N3O2/c1-2-15(20)19-9-12-8-11-4-3-5-13(16(11)21-12)14-10-17-6-7-18-14/h3-7,10,12H,2,8-9H2,1H3,(H,19,20)/t12-/m1/s1. The summed E-state index contributed by atoms with van der Waals surface area (Å²) in [5, 5.41) is 2.88.